The molecule has 1 atom stereocenters. The molecule has 4 heteroatoms. The molecule has 3 aromatic rings. The van der Waals surface area contributed by atoms with Crippen molar-refractivity contribution in [1.82, 2.24) is 14.5 Å². The fourth-order valence-electron chi connectivity index (χ4n) is 2.25. The van der Waals surface area contributed by atoms with E-state index in [4.69, 9.17) is 12.2 Å². The normalized spacial score (nSPS) is 12.9. The van der Waals surface area contributed by atoms with Crippen LogP contribution in [-0.2, 0) is 0 Å². The van der Waals surface area contributed by atoms with Crippen molar-refractivity contribution in [3.05, 3.63) is 47.9 Å². The summed E-state index contributed by atoms with van der Waals surface area (Å²) in [6, 6.07) is 8.23. The first-order chi connectivity index (χ1) is 8.72. The summed E-state index contributed by atoms with van der Waals surface area (Å²) in [5, 5.41) is 1.11. The van der Waals surface area contributed by atoms with Crippen LogP contribution in [0.25, 0.3) is 21.9 Å². The third-order valence-corrected chi connectivity index (χ3v) is 3.50. The van der Waals surface area contributed by atoms with Crippen LogP contribution in [0.2, 0.25) is 0 Å². The summed E-state index contributed by atoms with van der Waals surface area (Å²) in [4.78, 5) is 7.63. The van der Waals surface area contributed by atoms with E-state index in [-0.39, 0.29) is 6.04 Å². The Labute approximate surface area is 110 Å². The van der Waals surface area contributed by atoms with Crippen LogP contribution in [0.15, 0.2) is 43.1 Å². The van der Waals surface area contributed by atoms with E-state index in [0.29, 0.717) is 4.77 Å². The predicted octanol–water partition coefficient (Wildman–Crippen LogP) is 3.99. The molecule has 0 aliphatic heterocycles. The van der Waals surface area contributed by atoms with E-state index < -0.39 is 0 Å². The number of nitrogens with one attached hydrogen (secondary N) is 1. The van der Waals surface area contributed by atoms with Crippen LogP contribution in [0.4, 0.5) is 0 Å². The largest absolute Gasteiger partial charge is 0.329 e. The molecule has 90 valence electrons. The van der Waals surface area contributed by atoms with E-state index in [9.17, 15) is 0 Å². The summed E-state index contributed by atoms with van der Waals surface area (Å²) in [5.74, 6) is 0. The average molecular weight is 255 g/mol. The smallest absolute Gasteiger partial charge is 0.178 e. The van der Waals surface area contributed by atoms with Crippen LogP contribution in [-0.4, -0.2) is 14.5 Å². The van der Waals surface area contributed by atoms with Gasteiger partial charge < -0.3 is 9.55 Å². The molecule has 0 amide bonds. The van der Waals surface area contributed by atoms with Gasteiger partial charge in [-0.1, -0.05) is 24.3 Å². The number of pyridine rings is 1. The maximum Gasteiger partial charge on any atom is 0.178 e. The molecule has 0 saturated carbocycles. The highest BCUT2D eigenvalue weighted by atomic mass is 32.1. The van der Waals surface area contributed by atoms with Gasteiger partial charge in [-0.25, -0.2) is 0 Å². The molecule has 1 aromatic carbocycles. The summed E-state index contributed by atoms with van der Waals surface area (Å²) in [5.41, 5.74) is 3.04. The number of aromatic amines is 1. The molecule has 0 aliphatic carbocycles. The van der Waals surface area contributed by atoms with E-state index >= 15 is 0 Å². The maximum absolute atomic E-state index is 5.39. The lowest BCUT2D eigenvalue weighted by molar-refractivity contribution is 0.674. The highest BCUT2D eigenvalue weighted by molar-refractivity contribution is 7.71. The average Bonchev–Trinajstić information content (AvgIpc) is 2.74. The number of H-pyrrole nitrogens is 1. The van der Waals surface area contributed by atoms with E-state index in [1.807, 2.05) is 30.5 Å². The van der Waals surface area contributed by atoms with Gasteiger partial charge in [0.15, 0.2) is 4.77 Å². The number of rotatable bonds is 2. The standard InChI is InChI=1S/C14H13N3S/c1-3-9(2)17-13-10-6-4-5-7-11(10)15-8-12(13)16-14(17)18/h3-9H,1H2,2H3,(H,16,18). The number of nitrogens with zero attached hydrogens (tertiary/aromatic N) is 2. The number of aromatic nitrogens is 3. The van der Waals surface area contributed by atoms with Gasteiger partial charge in [0.25, 0.3) is 0 Å². The Morgan fingerprint density at radius 2 is 2.22 bits per heavy atom. The number of hydrogen-bond acceptors (Lipinski definition) is 2. The SMILES string of the molecule is C=CC(C)n1c(=S)[nH]c2cnc3ccccc3c21. The first-order valence-corrected chi connectivity index (χ1v) is 6.23. The Balaban J connectivity index is 2.55. The molecule has 1 unspecified atom stereocenters. The molecular formula is C14H13N3S. The van der Waals surface area contributed by atoms with Crippen molar-refractivity contribution in [2.75, 3.05) is 0 Å². The summed E-state index contributed by atoms with van der Waals surface area (Å²) in [6.45, 7) is 5.92. The number of fused-ring (bicyclic) bond motifs is 3. The van der Waals surface area contributed by atoms with Gasteiger partial charge >= 0.3 is 0 Å². The topological polar surface area (TPSA) is 33.6 Å². The molecule has 0 radical (unpaired) electrons. The van der Waals surface area contributed by atoms with Crippen LogP contribution in [0.1, 0.15) is 13.0 Å². The molecule has 18 heavy (non-hydrogen) atoms. The quantitative estimate of drug-likeness (QED) is 0.555. The van der Waals surface area contributed by atoms with E-state index in [1.54, 1.807) is 0 Å². The third kappa shape index (κ3) is 1.49. The van der Waals surface area contributed by atoms with Crippen LogP contribution in [0, 0.1) is 4.77 Å². The summed E-state index contributed by atoms with van der Waals surface area (Å²) in [6.07, 6.45) is 3.72. The molecular weight excluding hydrogens is 242 g/mol. The summed E-state index contributed by atoms with van der Waals surface area (Å²) >= 11 is 5.39. The Morgan fingerprint density at radius 3 is 3.00 bits per heavy atom. The van der Waals surface area contributed by atoms with Gasteiger partial charge in [0.1, 0.15) is 0 Å². The van der Waals surface area contributed by atoms with Crippen molar-refractivity contribution in [2.45, 2.75) is 13.0 Å². The summed E-state index contributed by atoms with van der Waals surface area (Å²) < 4.78 is 2.79. The van der Waals surface area contributed by atoms with Crippen molar-refractivity contribution in [2.24, 2.45) is 0 Å². The van der Waals surface area contributed by atoms with E-state index in [2.05, 4.69) is 34.1 Å². The van der Waals surface area contributed by atoms with Crippen LogP contribution in [0.3, 0.4) is 0 Å². The third-order valence-electron chi connectivity index (χ3n) is 3.20. The van der Waals surface area contributed by atoms with Gasteiger partial charge in [-0.2, -0.15) is 0 Å². The Kier molecular flexibility index (Phi) is 2.52. The zero-order chi connectivity index (χ0) is 12.7. The number of para-hydroxylation sites is 1. The monoisotopic (exact) mass is 255 g/mol. The molecule has 1 N–H and O–H groups in total. The molecule has 3 nitrogen and oxygen atoms in total. The van der Waals surface area contributed by atoms with E-state index in [0.717, 1.165) is 21.9 Å². The first kappa shape index (κ1) is 11.2. The lowest BCUT2D eigenvalue weighted by Gasteiger charge is -2.10. The van der Waals surface area contributed by atoms with Crippen LogP contribution >= 0.6 is 12.2 Å². The molecule has 2 aromatic heterocycles. The van der Waals surface area contributed by atoms with Gasteiger partial charge in [0.2, 0.25) is 0 Å². The Morgan fingerprint density at radius 1 is 1.44 bits per heavy atom. The number of imidazole rings is 1. The van der Waals surface area contributed by atoms with Crippen LogP contribution < -0.4 is 0 Å². The van der Waals surface area contributed by atoms with Crippen molar-refractivity contribution in [3.8, 4) is 0 Å². The Hall–Kier alpha value is -1.94. The molecule has 0 fully saturated rings. The minimum absolute atomic E-state index is 0.150. The first-order valence-electron chi connectivity index (χ1n) is 5.83. The fraction of sp³-hybridized carbons (Fsp3) is 0.143. The molecule has 0 bridgehead atoms. The second-order valence-electron chi connectivity index (χ2n) is 4.31. The van der Waals surface area contributed by atoms with Crippen molar-refractivity contribution >= 4 is 34.2 Å². The number of allylic oxidation sites excluding steroid dienone is 1. The summed E-state index contributed by atoms with van der Waals surface area (Å²) in [7, 11) is 0. The van der Waals surface area contributed by atoms with Crippen molar-refractivity contribution in [3.63, 3.8) is 0 Å². The zero-order valence-corrected chi connectivity index (χ0v) is 10.9. The van der Waals surface area contributed by atoms with Gasteiger partial charge in [-0.05, 0) is 25.2 Å². The number of benzene rings is 1. The van der Waals surface area contributed by atoms with Gasteiger partial charge in [-0.15, -0.1) is 6.58 Å². The second kappa shape index (κ2) is 4.07. The van der Waals surface area contributed by atoms with Gasteiger partial charge in [0.05, 0.1) is 28.8 Å². The van der Waals surface area contributed by atoms with Gasteiger partial charge in [0, 0.05) is 5.39 Å². The van der Waals surface area contributed by atoms with Gasteiger partial charge in [-0.3, -0.25) is 4.98 Å². The minimum atomic E-state index is 0.150. The highest BCUT2D eigenvalue weighted by Crippen LogP contribution is 2.26. The minimum Gasteiger partial charge on any atom is -0.329 e. The lowest BCUT2D eigenvalue weighted by atomic mass is 10.2. The predicted molar refractivity (Wildman–Crippen MR) is 77.3 cm³/mol. The zero-order valence-electron chi connectivity index (χ0n) is 10.1. The lowest BCUT2D eigenvalue weighted by Crippen LogP contribution is -2.02. The highest BCUT2D eigenvalue weighted by Gasteiger charge is 2.11. The molecule has 0 spiro atoms. The van der Waals surface area contributed by atoms with Crippen molar-refractivity contribution in [1.29, 1.82) is 0 Å². The van der Waals surface area contributed by atoms with E-state index in [1.165, 1.54) is 0 Å². The Bertz CT molecular complexity index is 798. The van der Waals surface area contributed by atoms with Crippen molar-refractivity contribution < 1.29 is 0 Å². The number of hydrogen-bond donors (Lipinski definition) is 1. The molecule has 0 saturated heterocycles. The molecule has 0 aliphatic rings. The fourth-order valence-corrected chi connectivity index (χ4v) is 2.62. The molecule has 2 heterocycles. The van der Waals surface area contributed by atoms with Crippen LogP contribution in [0.5, 0.6) is 0 Å². The second-order valence-corrected chi connectivity index (χ2v) is 4.70. The maximum atomic E-state index is 5.39. The molecule has 3 rings (SSSR count).